The van der Waals surface area contributed by atoms with E-state index in [0.29, 0.717) is 12.0 Å². The van der Waals surface area contributed by atoms with Crippen LogP contribution in [-0.4, -0.2) is 61.3 Å². The summed E-state index contributed by atoms with van der Waals surface area (Å²) in [7, 11) is 0. The zero-order valence-corrected chi connectivity index (χ0v) is 19.1. The fourth-order valence-corrected chi connectivity index (χ4v) is 3.43. The number of aliphatic imine (C=N–C) groups is 1. The van der Waals surface area contributed by atoms with Crippen molar-refractivity contribution >= 4 is 29.9 Å². The highest BCUT2D eigenvalue weighted by molar-refractivity contribution is 14.0. The summed E-state index contributed by atoms with van der Waals surface area (Å²) in [5.41, 5.74) is 0. The van der Waals surface area contributed by atoms with Gasteiger partial charge in [-0.15, -0.1) is 24.0 Å². The van der Waals surface area contributed by atoms with Gasteiger partial charge >= 0.3 is 0 Å². The lowest BCUT2D eigenvalue weighted by molar-refractivity contribution is 0.187. The first-order chi connectivity index (χ1) is 11.6. The van der Waals surface area contributed by atoms with Gasteiger partial charge in [-0.25, -0.2) is 0 Å². The Labute approximate surface area is 172 Å². The van der Waals surface area contributed by atoms with Crippen LogP contribution in [0, 0.1) is 11.8 Å². The summed E-state index contributed by atoms with van der Waals surface area (Å²) in [5.74, 6) is 2.18. The molecule has 0 aliphatic carbocycles. The molecule has 0 aromatic rings. The third-order valence-corrected chi connectivity index (χ3v) is 4.64. The molecule has 1 saturated heterocycles. The van der Waals surface area contributed by atoms with E-state index < -0.39 is 0 Å². The molecule has 150 valence electrons. The molecule has 0 saturated carbocycles. The van der Waals surface area contributed by atoms with E-state index in [-0.39, 0.29) is 30.6 Å². The molecule has 1 rings (SSSR count). The van der Waals surface area contributed by atoms with Crippen molar-refractivity contribution in [2.75, 3.05) is 39.3 Å². The van der Waals surface area contributed by atoms with Gasteiger partial charge in [0.05, 0.1) is 0 Å². The summed E-state index contributed by atoms with van der Waals surface area (Å²) in [6, 6.07) is 0.522. The molecule has 0 aromatic heterocycles. The number of nitrogens with one attached hydrogen (secondary N) is 2. The first kappa shape index (κ1) is 24.9. The molecule has 25 heavy (non-hydrogen) atoms. The van der Waals surface area contributed by atoms with E-state index in [1.54, 1.807) is 0 Å². The molecule has 0 bridgehead atoms. The summed E-state index contributed by atoms with van der Waals surface area (Å²) in [5, 5.41) is 16.2. The van der Waals surface area contributed by atoms with E-state index in [1.807, 2.05) is 0 Å². The molecule has 6 heteroatoms. The van der Waals surface area contributed by atoms with Crippen molar-refractivity contribution in [3.63, 3.8) is 0 Å². The Morgan fingerprint density at radius 1 is 1.20 bits per heavy atom. The van der Waals surface area contributed by atoms with Gasteiger partial charge < -0.3 is 20.6 Å². The Morgan fingerprint density at radius 3 is 2.40 bits per heavy atom. The predicted octanol–water partition coefficient (Wildman–Crippen LogP) is 3.08. The number of likely N-dealkylation sites (tertiary alicyclic amines) is 1. The highest BCUT2D eigenvalue weighted by atomic mass is 127. The maximum absolute atomic E-state index is 9.20. The number of rotatable bonds is 10. The summed E-state index contributed by atoms with van der Waals surface area (Å²) in [6.45, 7) is 14.4. The lowest BCUT2D eigenvalue weighted by Crippen LogP contribution is -2.49. The van der Waals surface area contributed by atoms with Crippen molar-refractivity contribution < 1.29 is 5.11 Å². The summed E-state index contributed by atoms with van der Waals surface area (Å²) >= 11 is 0. The van der Waals surface area contributed by atoms with Gasteiger partial charge in [0, 0.05) is 45.4 Å². The van der Waals surface area contributed by atoms with Crippen LogP contribution in [0.2, 0.25) is 0 Å². The van der Waals surface area contributed by atoms with E-state index in [2.05, 4.69) is 43.2 Å². The summed E-state index contributed by atoms with van der Waals surface area (Å²) in [6.07, 6.45) is 5.51. The first-order valence-corrected chi connectivity index (χ1v) is 9.97. The zero-order chi connectivity index (χ0) is 17.8. The van der Waals surface area contributed by atoms with E-state index in [4.69, 9.17) is 4.99 Å². The molecule has 0 spiro atoms. The number of hydrogen-bond acceptors (Lipinski definition) is 3. The SMILES string of the molecule is CCCC(CCO)CN=C(NCC)NC1CCN(CC(C)C)CC1.I. The first-order valence-electron chi connectivity index (χ1n) is 9.97. The second-order valence-electron chi connectivity index (χ2n) is 7.50. The van der Waals surface area contributed by atoms with Crippen LogP contribution < -0.4 is 10.6 Å². The van der Waals surface area contributed by atoms with Crippen molar-refractivity contribution in [1.29, 1.82) is 0 Å². The van der Waals surface area contributed by atoms with Crippen molar-refractivity contribution in [3.05, 3.63) is 0 Å². The van der Waals surface area contributed by atoms with Gasteiger partial charge in [0.15, 0.2) is 5.96 Å². The highest BCUT2D eigenvalue weighted by Crippen LogP contribution is 2.13. The number of guanidine groups is 1. The van der Waals surface area contributed by atoms with Crippen LogP contribution in [0.15, 0.2) is 4.99 Å². The molecular weight excluding hydrogens is 427 g/mol. The number of aliphatic hydroxyl groups excluding tert-OH is 1. The fraction of sp³-hybridized carbons (Fsp3) is 0.947. The lowest BCUT2D eigenvalue weighted by atomic mass is 10.0. The van der Waals surface area contributed by atoms with Crippen molar-refractivity contribution in [2.24, 2.45) is 16.8 Å². The third kappa shape index (κ3) is 11.3. The lowest BCUT2D eigenvalue weighted by Gasteiger charge is -2.34. The van der Waals surface area contributed by atoms with Gasteiger partial charge in [-0.1, -0.05) is 27.2 Å². The van der Waals surface area contributed by atoms with Crippen molar-refractivity contribution in [2.45, 2.75) is 65.8 Å². The highest BCUT2D eigenvalue weighted by Gasteiger charge is 2.20. The summed E-state index contributed by atoms with van der Waals surface area (Å²) in [4.78, 5) is 7.36. The van der Waals surface area contributed by atoms with Gasteiger partial charge in [0.2, 0.25) is 0 Å². The van der Waals surface area contributed by atoms with E-state index in [0.717, 1.165) is 44.2 Å². The Kier molecular flexibility index (Phi) is 15.0. The molecule has 5 nitrogen and oxygen atoms in total. The van der Waals surface area contributed by atoms with Gasteiger partial charge in [-0.05, 0) is 44.4 Å². The number of piperidine rings is 1. The van der Waals surface area contributed by atoms with Crippen LogP contribution in [0.4, 0.5) is 0 Å². The molecule has 0 aromatic carbocycles. The molecular formula is C19H41IN4O. The van der Waals surface area contributed by atoms with Crippen molar-refractivity contribution in [3.8, 4) is 0 Å². The topological polar surface area (TPSA) is 59.9 Å². The van der Waals surface area contributed by atoms with Gasteiger partial charge in [-0.2, -0.15) is 0 Å². The van der Waals surface area contributed by atoms with Crippen LogP contribution in [0.3, 0.4) is 0 Å². The number of aliphatic hydroxyl groups is 1. The van der Waals surface area contributed by atoms with E-state index in [1.165, 1.54) is 32.5 Å². The zero-order valence-electron chi connectivity index (χ0n) is 16.8. The molecule has 1 atom stereocenters. The van der Waals surface area contributed by atoms with Gasteiger partial charge in [-0.3, -0.25) is 4.99 Å². The monoisotopic (exact) mass is 468 g/mol. The minimum atomic E-state index is 0. The second kappa shape index (κ2) is 15.0. The number of halogens is 1. The average molecular weight is 468 g/mol. The van der Waals surface area contributed by atoms with E-state index in [9.17, 15) is 5.11 Å². The Balaban J connectivity index is 0.00000576. The number of nitrogens with zero attached hydrogens (tertiary/aromatic N) is 2. The maximum Gasteiger partial charge on any atom is 0.191 e. The maximum atomic E-state index is 9.20. The third-order valence-electron chi connectivity index (χ3n) is 4.64. The Bertz CT molecular complexity index is 338. The molecule has 1 fully saturated rings. The molecule has 1 unspecified atom stereocenters. The fourth-order valence-electron chi connectivity index (χ4n) is 3.43. The molecule has 3 N–H and O–H groups in total. The standard InChI is InChI=1S/C19H40N4O.HI/c1-5-7-17(10-13-24)14-21-19(20-6-2)22-18-8-11-23(12-9-18)15-16(3)4;/h16-18,24H,5-15H2,1-4H3,(H2,20,21,22);1H. The Hall–Kier alpha value is -0.0800. The number of hydrogen-bond donors (Lipinski definition) is 3. The molecule has 1 aliphatic rings. The van der Waals surface area contributed by atoms with Gasteiger partial charge in [0.25, 0.3) is 0 Å². The largest absolute Gasteiger partial charge is 0.396 e. The van der Waals surface area contributed by atoms with Crippen LogP contribution in [-0.2, 0) is 0 Å². The van der Waals surface area contributed by atoms with Crippen LogP contribution >= 0.6 is 24.0 Å². The summed E-state index contributed by atoms with van der Waals surface area (Å²) < 4.78 is 0. The van der Waals surface area contributed by atoms with Crippen molar-refractivity contribution in [1.82, 2.24) is 15.5 Å². The normalized spacial score (nSPS) is 18.1. The predicted molar refractivity (Wildman–Crippen MR) is 119 cm³/mol. The quantitative estimate of drug-likeness (QED) is 0.262. The molecule has 1 aliphatic heterocycles. The van der Waals surface area contributed by atoms with Crippen LogP contribution in [0.5, 0.6) is 0 Å². The minimum Gasteiger partial charge on any atom is -0.396 e. The molecule has 0 amide bonds. The Morgan fingerprint density at radius 2 is 1.88 bits per heavy atom. The second-order valence-corrected chi connectivity index (χ2v) is 7.50. The average Bonchev–Trinajstić information content (AvgIpc) is 2.54. The van der Waals surface area contributed by atoms with Crippen LogP contribution in [0.25, 0.3) is 0 Å². The molecule has 0 radical (unpaired) electrons. The minimum absolute atomic E-state index is 0. The van der Waals surface area contributed by atoms with Crippen LogP contribution in [0.1, 0.15) is 59.8 Å². The van der Waals surface area contributed by atoms with Gasteiger partial charge in [0.1, 0.15) is 0 Å². The van der Waals surface area contributed by atoms with E-state index >= 15 is 0 Å². The smallest absolute Gasteiger partial charge is 0.191 e. The molecule has 1 heterocycles.